The van der Waals surface area contributed by atoms with Crippen LogP contribution in [0.15, 0.2) is 0 Å². The molecule has 5 heteroatoms. The monoisotopic (exact) mass is 268 g/mol. The lowest BCUT2D eigenvalue weighted by Crippen LogP contribution is -2.25. The number of fused-ring (bicyclic) bond motifs is 1. The van der Waals surface area contributed by atoms with Crippen molar-refractivity contribution in [1.29, 1.82) is 0 Å². The minimum Gasteiger partial charge on any atom is -0.306 e. The smallest absolute Gasteiger partial charge is 0.159 e. The van der Waals surface area contributed by atoms with Crippen molar-refractivity contribution >= 4 is 22.8 Å². The fourth-order valence-electron chi connectivity index (χ4n) is 2.36. The lowest BCUT2D eigenvalue weighted by atomic mass is 10.1. The lowest BCUT2D eigenvalue weighted by Gasteiger charge is -2.25. The van der Waals surface area contributed by atoms with Crippen LogP contribution >= 0.6 is 11.6 Å². The number of hydrogen-bond acceptors (Lipinski definition) is 2. The van der Waals surface area contributed by atoms with Crippen LogP contribution < -0.4 is 0 Å². The van der Waals surface area contributed by atoms with Gasteiger partial charge in [0, 0.05) is 12.6 Å². The van der Waals surface area contributed by atoms with Crippen LogP contribution in [0.3, 0.4) is 0 Å². The molecule has 0 saturated carbocycles. The third-order valence-electron chi connectivity index (χ3n) is 3.09. The SMILES string of the molecule is CCc1nn(C)c2c1nc(C(C)Cl)n2C(C)(C)C. The Hall–Kier alpha value is -1.03. The summed E-state index contributed by atoms with van der Waals surface area (Å²) in [5.74, 6) is 0.918. The van der Waals surface area contributed by atoms with E-state index in [2.05, 4.69) is 37.4 Å². The quantitative estimate of drug-likeness (QED) is 0.783. The van der Waals surface area contributed by atoms with Crippen LogP contribution in [-0.4, -0.2) is 19.3 Å². The first-order chi connectivity index (χ1) is 8.27. The lowest BCUT2D eigenvalue weighted by molar-refractivity contribution is 0.387. The third-order valence-corrected chi connectivity index (χ3v) is 3.29. The second kappa shape index (κ2) is 4.26. The Kier molecular flexibility index (Phi) is 3.18. The van der Waals surface area contributed by atoms with Crippen molar-refractivity contribution in [3.05, 3.63) is 11.5 Å². The first-order valence-corrected chi connectivity index (χ1v) is 6.79. The van der Waals surface area contributed by atoms with Gasteiger partial charge in [-0.3, -0.25) is 4.68 Å². The molecule has 1 unspecified atom stereocenters. The highest BCUT2D eigenvalue weighted by atomic mass is 35.5. The van der Waals surface area contributed by atoms with E-state index in [1.807, 2.05) is 18.7 Å². The normalized spacial score (nSPS) is 14.4. The van der Waals surface area contributed by atoms with Gasteiger partial charge in [-0.25, -0.2) is 4.98 Å². The van der Waals surface area contributed by atoms with Gasteiger partial charge in [0.05, 0.1) is 11.1 Å². The van der Waals surface area contributed by atoms with Gasteiger partial charge in [0.15, 0.2) is 5.65 Å². The zero-order valence-corrected chi connectivity index (χ0v) is 12.7. The van der Waals surface area contributed by atoms with E-state index in [9.17, 15) is 0 Å². The number of halogens is 1. The summed E-state index contributed by atoms with van der Waals surface area (Å²) in [5, 5.41) is 4.42. The fraction of sp³-hybridized carbons (Fsp3) is 0.692. The van der Waals surface area contributed by atoms with Crippen LogP contribution in [0.4, 0.5) is 0 Å². The molecule has 0 radical (unpaired) electrons. The van der Waals surface area contributed by atoms with E-state index in [-0.39, 0.29) is 10.9 Å². The zero-order chi connectivity index (χ0) is 13.7. The number of aromatic nitrogens is 4. The summed E-state index contributed by atoms with van der Waals surface area (Å²) >= 11 is 6.28. The van der Waals surface area contributed by atoms with Crippen LogP contribution in [0.2, 0.25) is 0 Å². The van der Waals surface area contributed by atoms with Crippen molar-refractivity contribution < 1.29 is 0 Å². The minimum absolute atomic E-state index is 0.0635. The topological polar surface area (TPSA) is 35.6 Å². The number of rotatable bonds is 2. The average molecular weight is 269 g/mol. The number of hydrogen-bond donors (Lipinski definition) is 0. The zero-order valence-electron chi connectivity index (χ0n) is 12.0. The molecule has 0 aliphatic heterocycles. The fourth-order valence-corrected chi connectivity index (χ4v) is 2.51. The molecule has 0 saturated heterocycles. The summed E-state index contributed by atoms with van der Waals surface area (Å²) in [6.45, 7) is 10.5. The van der Waals surface area contributed by atoms with Gasteiger partial charge in [0.2, 0.25) is 0 Å². The van der Waals surface area contributed by atoms with Crippen molar-refractivity contribution in [2.24, 2.45) is 7.05 Å². The molecule has 1 atom stereocenters. The Morgan fingerprint density at radius 2 is 1.94 bits per heavy atom. The highest BCUT2D eigenvalue weighted by Gasteiger charge is 2.27. The molecule has 0 fully saturated rings. The molecule has 0 N–H and O–H groups in total. The number of aryl methyl sites for hydroxylation is 2. The molecule has 100 valence electrons. The molecule has 4 nitrogen and oxygen atoms in total. The molecule has 2 aromatic rings. The van der Waals surface area contributed by atoms with Crippen LogP contribution in [0.5, 0.6) is 0 Å². The van der Waals surface area contributed by atoms with Gasteiger partial charge in [-0.05, 0) is 34.1 Å². The molecule has 0 bridgehead atoms. The van der Waals surface area contributed by atoms with Gasteiger partial charge in [-0.2, -0.15) is 5.10 Å². The Morgan fingerprint density at radius 1 is 1.33 bits per heavy atom. The van der Waals surface area contributed by atoms with Crippen molar-refractivity contribution in [2.75, 3.05) is 0 Å². The van der Waals surface area contributed by atoms with Crippen molar-refractivity contribution in [1.82, 2.24) is 19.3 Å². The molecule has 0 aliphatic rings. The minimum atomic E-state index is -0.110. The standard InChI is InChI=1S/C13H21ClN4/c1-7-9-10-12(17(6)16-9)18(13(3,4)5)11(15-10)8(2)14/h8H,7H2,1-6H3. The molecule has 2 rings (SSSR count). The Labute approximate surface area is 113 Å². The summed E-state index contributed by atoms with van der Waals surface area (Å²) in [7, 11) is 1.97. The molecule has 0 amide bonds. The Morgan fingerprint density at radius 3 is 2.39 bits per heavy atom. The molecule has 0 aliphatic carbocycles. The summed E-state index contributed by atoms with van der Waals surface area (Å²) in [6.07, 6.45) is 0.884. The van der Waals surface area contributed by atoms with E-state index in [1.54, 1.807) is 0 Å². The highest BCUT2D eigenvalue weighted by Crippen LogP contribution is 2.31. The number of imidazole rings is 1. The predicted molar refractivity (Wildman–Crippen MR) is 75.1 cm³/mol. The summed E-state index contributed by atoms with van der Waals surface area (Å²) < 4.78 is 4.11. The maximum Gasteiger partial charge on any atom is 0.159 e. The maximum atomic E-state index is 6.28. The number of nitrogens with zero attached hydrogens (tertiary/aromatic N) is 4. The second-order valence-electron chi connectivity index (χ2n) is 5.69. The summed E-state index contributed by atoms with van der Waals surface area (Å²) in [5.41, 5.74) is 3.01. The first-order valence-electron chi connectivity index (χ1n) is 6.36. The highest BCUT2D eigenvalue weighted by molar-refractivity contribution is 6.20. The molecular weight excluding hydrogens is 248 g/mol. The van der Waals surface area contributed by atoms with Gasteiger partial charge in [-0.1, -0.05) is 6.92 Å². The molecule has 2 aromatic heterocycles. The van der Waals surface area contributed by atoms with E-state index < -0.39 is 0 Å². The third kappa shape index (κ3) is 1.92. The van der Waals surface area contributed by atoms with E-state index in [0.29, 0.717) is 0 Å². The van der Waals surface area contributed by atoms with Crippen LogP contribution in [0.1, 0.15) is 51.5 Å². The van der Waals surface area contributed by atoms with Crippen LogP contribution in [0.25, 0.3) is 11.2 Å². The van der Waals surface area contributed by atoms with E-state index in [4.69, 9.17) is 16.6 Å². The molecule has 18 heavy (non-hydrogen) atoms. The van der Waals surface area contributed by atoms with E-state index in [1.165, 1.54) is 0 Å². The largest absolute Gasteiger partial charge is 0.306 e. The van der Waals surface area contributed by atoms with Crippen LogP contribution in [0, 0.1) is 0 Å². The van der Waals surface area contributed by atoms with E-state index in [0.717, 1.165) is 29.1 Å². The van der Waals surface area contributed by atoms with Gasteiger partial charge in [0.1, 0.15) is 11.3 Å². The first kappa shape index (κ1) is 13.4. The molecule has 0 spiro atoms. The molecular formula is C13H21ClN4. The number of alkyl halides is 1. The average Bonchev–Trinajstić information content (AvgIpc) is 2.75. The van der Waals surface area contributed by atoms with Gasteiger partial charge in [-0.15, -0.1) is 11.6 Å². The molecule has 2 heterocycles. The van der Waals surface area contributed by atoms with Gasteiger partial charge >= 0.3 is 0 Å². The van der Waals surface area contributed by atoms with Crippen molar-refractivity contribution in [3.8, 4) is 0 Å². The summed E-state index contributed by atoms with van der Waals surface area (Å²) in [4.78, 5) is 4.72. The van der Waals surface area contributed by atoms with Crippen molar-refractivity contribution in [2.45, 2.75) is 52.0 Å². The van der Waals surface area contributed by atoms with E-state index >= 15 is 0 Å². The second-order valence-corrected chi connectivity index (χ2v) is 6.34. The predicted octanol–water partition coefficient (Wildman–Crippen LogP) is 3.39. The Bertz CT molecular complexity index is 572. The van der Waals surface area contributed by atoms with Crippen LogP contribution in [-0.2, 0) is 19.0 Å². The summed E-state index contributed by atoms with van der Waals surface area (Å²) in [6, 6.07) is 0. The van der Waals surface area contributed by atoms with Gasteiger partial charge < -0.3 is 4.57 Å². The Balaban J connectivity index is 2.86. The van der Waals surface area contributed by atoms with Gasteiger partial charge in [0.25, 0.3) is 0 Å². The maximum absolute atomic E-state index is 6.28. The molecule has 0 aromatic carbocycles. The van der Waals surface area contributed by atoms with Crippen molar-refractivity contribution in [3.63, 3.8) is 0 Å².